The number of amides is 1. The Morgan fingerprint density at radius 2 is 1.92 bits per heavy atom. The smallest absolute Gasteiger partial charge is 0.323 e. The van der Waals surface area contributed by atoms with Gasteiger partial charge in [-0.25, -0.2) is 4.99 Å². The fourth-order valence-corrected chi connectivity index (χ4v) is 1.82. The van der Waals surface area contributed by atoms with Crippen LogP contribution in [-0.2, 0) is 16.0 Å². The molecule has 10 nitrogen and oxygen atoms in total. The van der Waals surface area contributed by atoms with Gasteiger partial charge in [-0.2, -0.15) is 0 Å². The average molecular weight is 332 g/mol. The highest BCUT2D eigenvalue weighted by Crippen LogP contribution is 2.21. The van der Waals surface area contributed by atoms with E-state index in [0.29, 0.717) is 11.3 Å². The first-order chi connectivity index (χ1) is 11.3. The maximum Gasteiger partial charge on any atom is 0.323 e. The largest absolute Gasteiger partial charge is 0.480 e. The van der Waals surface area contributed by atoms with Crippen LogP contribution in [0.25, 0.3) is 11.5 Å². The number of carbonyl (C=O) groups is 2. The lowest BCUT2D eigenvalue weighted by molar-refractivity contribution is -0.143. The molecule has 0 saturated carbocycles. The molecule has 0 spiro atoms. The number of hydrogen-bond donors (Lipinski definition) is 3. The van der Waals surface area contributed by atoms with Gasteiger partial charge in [-0.3, -0.25) is 9.59 Å². The normalized spacial score (nSPS) is 10.2. The zero-order valence-corrected chi connectivity index (χ0v) is 12.8. The van der Waals surface area contributed by atoms with Gasteiger partial charge in [0.05, 0.1) is 5.69 Å². The maximum atomic E-state index is 11.8. The van der Waals surface area contributed by atoms with Gasteiger partial charge in [-0.1, -0.05) is 0 Å². The fraction of sp³-hybridized carbons (Fsp3) is 0.214. The molecule has 126 valence electrons. The molecule has 0 aliphatic heterocycles. The number of guanidine groups is 1. The maximum absolute atomic E-state index is 11.8. The second-order valence-electron chi connectivity index (χ2n) is 4.90. The third kappa shape index (κ3) is 4.53. The van der Waals surface area contributed by atoms with Crippen LogP contribution >= 0.6 is 0 Å². The molecule has 1 aromatic heterocycles. The summed E-state index contributed by atoms with van der Waals surface area (Å²) in [5.41, 5.74) is 11.8. The van der Waals surface area contributed by atoms with Crippen molar-refractivity contribution < 1.29 is 19.1 Å². The monoisotopic (exact) mass is 332 g/mol. The summed E-state index contributed by atoms with van der Waals surface area (Å²) in [6, 6.07) is 6.73. The minimum absolute atomic E-state index is 0.0492. The molecule has 0 aliphatic rings. The number of nitrogens with two attached hydrogens (primary N) is 2. The van der Waals surface area contributed by atoms with Crippen molar-refractivity contribution in [3.63, 3.8) is 0 Å². The number of aliphatic carboxylic acids is 1. The molecule has 0 aliphatic carbocycles. The van der Waals surface area contributed by atoms with E-state index in [1.165, 1.54) is 7.05 Å². The Bertz CT molecular complexity index is 764. The van der Waals surface area contributed by atoms with Crippen molar-refractivity contribution >= 4 is 23.5 Å². The summed E-state index contributed by atoms with van der Waals surface area (Å²) in [6.07, 6.45) is -0.178. The lowest BCUT2D eigenvalue weighted by atomic mass is 10.2. The van der Waals surface area contributed by atoms with Gasteiger partial charge in [0.25, 0.3) is 0 Å². The van der Waals surface area contributed by atoms with E-state index in [9.17, 15) is 9.59 Å². The van der Waals surface area contributed by atoms with E-state index < -0.39 is 18.4 Å². The third-order valence-corrected chi connectivity index (χ3v) is 2.94. The van der Waals surface area contributed by atoms with E-state index in [1.54, 1.807) is 24.3 Å². The van der Waals surface area contributed by atoms with Crippen molar-refractivity contribution in [1.29, 1.82) is 0 Å². The molecule has 0 bridgehead atoms. The number of carbonyl (C=O) groups excluding carboxylic acids is 1. The highest BCUT2D eigenvalue weighted by Gasteiger charge is 2.17. The van der Waals surface area contributed by atoms with Crippen molar-refractivity contribution in [2.45, 2.75) is 6.42 Å². The van der Waals surface area contributed by atoms with Gasteiger partial charge in [0.15, 0.2) is 5.96 Å². The molecule has 2 rings (SSSR count). The van der Waals surface area contributed by atoms with Gasteiger partial charge < -0.3 is 25.9 Å². The van der Waals surface area contributed by atoms with Crippen LogP contribution in [0.5, 0.6) is 0 Å². The summed E-state index contributed by atoms with van der Waals surface area (Å²) in [5.74, 6) is -1.25. The standard InChI is InChI=1S/C14H16N6O4/c1-20(7-12(22)23)11(21)6-10-18-19-13(24-10)8-2-4-9(5-3-8)17-14(15)16/h2-5H,6-7H2,1H3,(H,22,23)(H4,15,16,17). The van der Waals surface area contributed by atoms with Gasteiger partial charge >= 0.3 is 5.97 Å². The van der Waals surface area contributed by atoms with Crippen LogP contribution in [0, 0.1) is 0 Å². The van der Waals surface area contributed by atoms with Gasteiger partial charge in [-0.05, 0) is 24.3 Å². The number of likely N-dealkylation sites (N-methyl/N-ethyl adjacent to an activating group) is 1. The first kappa shape index (κ1) is 16.9. The quantitative estimate of drug-likeness (QED) is 0.481. The summed E-state index contributed by atoms with van der Waals surface area (Å²) in [4.78, 5) is 27.4. The molecule has 5 N–H and O–H groups in total. The zero-order valence-electron chi connectivity index (χ0n) is 12.8. The number of hydrogen-bond acceptors (Lipinski definition) is 6. The molecule has 0 atom stereocenters. The lowest BCUT2D eigenvalue weighted by Crippen LogP contribution is -2.33. The van der Waals surface area contributed by atoms with E-state index in [2.05, 4.69) is 15.2 Å². The Morgan fingerprint density at radius 3 is 2.50 bits per heavy atom. The van der Waals surface area contributed by atoms with Gasteiger partial charge in [-0.15, -0.1) is 10.2 Å². The van der Waals surface area contributed by atoms with Crippen LogP contribution in [0.1, 0.15) is 5.89 Å². The molecule has 10 heteroatoms. The number of rotatable bonds is 6. The highest BCUT2D eigenvalue weighted by molar-refractivity contribution is 5.82. The number of carboxylic acids is 1. The predicted octanol–water partition coefficient (Wildman–Crippen LogP) is -0.273. The number of aliphatic imine (C=N–C) groups is 1. The van der Waals surface area contributed by atoms with Crippen molar-refractivity contribution in [1.82, 2.24) is 15.1 Å². The van der Waals surface area contributed by atoms with Gasteiger partial charge in [0.2, 0.25) is 17.7 Å². The van der Waals surface area contributed by atoms with Crippen molar-refractivity contribution in [3.8, 4) is 11.5 Å². The Kier molecular flexibility index (Phi) is 5.09. The minimum Gasteiger partial charge on any atom is -0.480 e. The van der Waals surface area contributed by atoms with Gasteiger partial charge in [0.1, 0.15) is 13.0 Å². The molecule has 24 heavy (non-hydrogen) atoms. The third-order valence-electron chi connectivity index (χ3n) is 2.94. The molecule has 0 unspecified atom stereocenters. The summed E-state index contributed by atoms with van der Waals surface area (Å²) < 4.78 is 5.41. The Hall–Kier alpha value is -3.43. The van der Waals surface area contributed by atoms with E-state index in [4.69, 9.17) is 21.0 Å². The lowest BCUT2D eigenvalue weighted by Gasteiger charge is -2.12. The van der Waals surface area contributed by atoms with Crippen LogP contribution in [0.3, 0.4) is 0 Å². The average Bonchev–Trinajstić information content (AvgIpc) is 2.95. The molecule has 0 saturated heterocycles. The van der Waals surface area contributed by atoms with Crippen LogP contribution in [-0.4, -0.2) is 51.6 Å². The molecule has 1 amide bonds. The van der Waals surface area contributed by atoms with E-state index in [1.807, 2.05) is 0 Å². The highest BCUT2D eigenvalue weighted by atomic mass is 16.4. The fourth-order valence-electron chi connectivity index (χ4n) is 1.82. The number of nitrogens with zero attached hydrogens (tertiary/aromatic N) is 4. The van der Waals surface area contributed by atoms with Crippen molar-refractivity contribution in [2.24, 2.45) is 16.5 Å². The Morgan fingerprint density at radius 1 is 1.25 bits per heavy atom. The first-order valence-electron chi connectivity index (χ1n) is 6.83. The molecular formula is C14H16N6O4. The summed E-state index contributed by atoms with van der Waals surface area (Å²) >= 11 is 0. The number of benzene rings is 1. The predicted molar refractivity (Wildman–Crippen MR) is 84.2 cm³/mol. The zero-order chi connectivity index (χ0) is 17.7. The first-order valence-corrected chi connectivity index (χ1v) is 6.83. The van der Waals surface area contributed by atoms with Crippen LogP contribution in [0.2, 0.25) is 0 Å². The van der Waals surface area contributed by atoms with Crippen molar-refractivity contribution in [2.75, 3.05) is 13.6 Å². The van der Waals surface area contributed by atoms with Crippen LogP contribution in [0.4, 0.5) is 5.69 Å². The van der Waals surface area contributed by atoms with Crippen LogP contribution in [0.15, 0.2) is 33.7 Å². The topological polar surface area (TPSA) is 161 Å². The summed E-state index contributed by atoms with van der Waals surface area (Å²) in [6.45, 7) is -0.397. The summed E-state index contributed by atoms with van der Waals surface area (Å²) in [7, 11) is 1.39. The second-order valence-corrected chi connectivity index (χ2v) is 4.90. The van der Waals surface area contributed by atoms with Gasteiger partial charge in [0, 0.05) is 12.6 Å². The second kappa shape index (κ2) is 7.22. The molecule has 1 aromatic carbocycles. The minimum atomic E-state index is -1.10. The Labute approximate surface area is 136 Å². The number of carboxylic acid groups (broad SMARTS) is 1. The molecule has 0 fully saturated rings. The summed E-state index contributed by atoms with van der Waals surface area (Å²) in [5, 5.41) is 16.3. The molecule has 2 aromatic rings. The molecule has 0 radical (unpaired) electrons. The molecule has 1 heterocycles. The van der Waals surface area contributed by atoms with Crippen LogP contribution < -0.4 is 11.5 Å². The Balaban J connectivity index is 2.06. The number of aromatic nitrogens is 2. The SMILES string of the molecule is CN(CC(=O)O)C(=O)Cc1nnc(-c2ccc(N=C(N)N)cc2)o1. The van der Waals surface area contributed by atoms with E-state index in [0.717, 1.165) is 4.90 Å². The van der Waals surface area contributed by atoms with E-state index in [-0.39, 0.29) is 24.2 Å². The van der Waals surface area contributed by atoms with Crippen molar-refractivity contribution in [3.05, 3.63) is 30.2 Å². The molecular weight excluding hydrogens is 316 g/mol. The van der Waals surface area contributed by atoms with E-state index >= 15 is 0 Å².